The first-order chi connectivity index (χ1) is 12.3. The zero-order valence-corrected chi connectivity index (χ0v) is 14.9. The Morgan fingerprint density at radius 3 is 2.62 bits per heavy atom. The van der Waals surface area contributed by atoms with Crippen LogP contribution in [-0.4, -0.2) is 29.6 Å². The number of ether oxygens (including phenoxy) is 1. The number of nitrogens with zero attached hydrogens (tertiary/aromatic N) is 1. The molecule has 9 heteroatoms. The second kappa shape index (κ2) is 7.67. The van der Waals surface area contributed by atoms with Crippen LogP contribution in [0.15, 0.2) is 48.5 Å². The number of benzene rings is 2. The average Bonchev–Trinajstić information content (AvgIpc) is 3.05. The minimum absolute atomic E-state index is 0.165. The summed E-state index contributed by atoms with van der Waals surface area (Å²) in [4.78, 5) is 14.2. The summed E-state index contributed by atoms with van der Waals surface area (Å²) in [6, 6.07) is 12.0. The van der Waals surface area contributed by atoms with E-state index < -0.39 is 6.36 Å². The van der Waals surface area contributed by atoms with Gasteiger partial charge in [0.2, 0.25) is 0 Å². The lowest BCUT2D eigenvalue weighted by atomic mass is 10.2. The Morgan fingerprint density at radius 2 is 1.96 bits per heavy atom. The molecule has 1 saturated heterocycles. The molecule has 1 fully saturated rings. The van der Waals surface area contributed by atoms with Crippen molar-refractivity contribution in [3.05, 3.63) is 59.1 Å². The SMILES string of the molecule is O=C(Nc1ccc(OC(F)(F)F)cc1)N1CCSC1c1cccc(Cl)c1. The van der Waals surface area contributed by atoms with Crippen LogP contribution >= 0.6 is 23.4 Å². The predicted molar refractivity (Wildman–Crippen MR) is 95.5 cm³/mol. The van der Waals surface area contributed by atoms with Gasteiger partial charge in [0.25, 0.3) is 0 Å². The summed E-state index contributed by atoms with van der Waals surface area (Å²) in [5.74, 6) is 0.437. The molecular weight excluding hydrogens is 389 g/mol. The maximum Gasteiger partial charge on any atom is 0.573 e. The summed E-state index contributed by atoms with van der Waals surface area (Å²) < 4.78 is 40.3. The van der Waals surface area contributed by atoms with Gasteiger partial charge in [-0.1, -0.05) is 23.7 Å². The van der Waals surface area contributed by atoms with E-state index in [-0.39, 0.29) is 17.2 Å². The lowest BCUT2D eigenvalue weighted by molar-refractivity contribution is -0.274. The second-order valence-corrected chi connectivity index (χ2v) is 7.10. The minimum atomic E-state index is -4.75. The molecule has 0 aliphatic carbocycles. The Labute approximate surface area is 157 Å². The summed E-state index contributed by atoms with van der Waals surface area (Å²) in [5, 5.41) is 3.12. The zero-order valence-electron chi connectivity index (χ0n) is 13.3. The first-order valence-corrected chi connectivity index (χ1v) is 9.05. The van der Waals surface area contributed by atoms with Crippen LogP contribution in [0.4, 0.5) is 23.7 Å². The van der Waals surface area contributed by atoms with Crippen LogP contribution in [-0.2, 0) is 0 Å². The molecule has 1 unspecified atom stereocenters. The molecule has 0 spiro atoms. The van der Waals surface area contributed by atoms with E-state index in [2.05, 4.69) is 10.1 Å². The van der Waals surface area contributed by atoms with Gasteiger partial charge in [-0.2, -0.15) is 0 Å². The fourth-order valence-corrected chi connectivity index (χ4v) is 3.99. The highest BCUT2D eigenvalue weighted by atomic mass is 35.5. The molecular formula is C17H14ClF3N2O2S. The smallest absolute Gasteiger partial charge is 0.406 e. The van der Waals surface area contributed by atoms with Gasteiger partial charge in [-0.25, -0.2) is 4.79 Å². The van der Waals surface area contributed by atoms with E-state index in [4.69, 9.17) is 11.6 Å². The van der Waals surface area contributed by atoms with Crippen molar-refractivity contribution < 1.29 is 22.7 Å². The predicted octanol–water partition coefficient (Wildman–Crippen LogP) is 5.52. The lowest BCUT2D eigenvalue weighted by Gasteiger charge is -2.24. The number of nitrogens with one attached hydrogen (secondary N) is 1. The molecule has 1 aliphatic rings. The second-order valence-electron chi connectivity index (χ2n) is 5.47. The molecule has 4 nitrogen and oxygen atoms in total. The van der Waals surface area contributed by atoms with Crippen molar-refractivity contribution in [3.8, 4) is 5.75 Å². The number of urea groups is 1. The number of hydrogen-bond acceptors (Lipinski definition) is 3. The molecule has 26 heavy (non-hydrogen) atoms. The van der Waals surface area contributed by atoms with Crippen LogP contribution in [0, 0.1) is 0 Å². The van der Waals surface area contributed by atoms with Crippen LogP contribution in [0.1, 0.15) is 10.9 Å². The highest BCUT2D eigenvalue weighted by Gasteiger charge is 2.32. The minimum Gasteiger partial charge on any atom is -0.406 e. The van der Waals surface area contributed by atoms with Gasteiger partial charge < -0.3 is 15.0 Å². The lowest BCUT2D eigenvalue weighted by Crippen LogP contribution is -2.34. The van der Waals surface area contributed by atoms with Crippen molar-refractivity contribution in [1.82, 2.24) is 4.90 Å². The number of amides is 2. The largest absolute Gasteiger partial charge is 0.573 e. The van der Waals surface area contributed by atoms with Gasteiger partial charge in [0.1, 0.15) is 11.1 Å². The summed E-state index contributed by atoms with van der Waals surface area (Å²) in [7, 11) is 0. The number of halogens is 4. The van der Waals surface area contributed by atoms with Crippen molar-refractivity contribution in [2.24, 2.45) is 0 Å². The summed E-state index contributed by atoms with van der Waals surface area (Å²) >= 11 is 7.64. The number of rotatable bonds is 3. The van der Waals surface area contributed by atoms with Crippen molar-refractivity contribution >= 4 is 35.1 Å². The maximum atomic E-state index is 12.6. The molecule has 2 amide bonds. The maximum absolute atomic E-state index is 12.6. The molecule has 2 aromatic rings. The first kappa shape index (κ1) is 18.7. The third-order valence-corrected chi connectivity index (χ3v) is 5.12. The van der Waals surface area contributed by atoms with Crippen LogP contribution in [0.2, 0.25) is 5.02 Å². The van der Waals surface area contributed by atoms with Gasteiger partial charge in [-0.15, -0.1) is 24.9 Å². The zero-order chi connectivity index (χ0) is 18.7. The van der Waals surface area contributed by atoms with Crippen LogP contribution in [0.25, 0.3) is 0 Å². The number of carbonyl (C=O) groups is 1. The van der Waals surface area contributed by atoms with Crippen LogP contribution in [0.3, 0.4) is 0 Å². The Hall–Kier alpha value is -2.06. The topological polar surface area (TPSA) is 41.6 Å². The molecule has 138 valence electrons. The number of hydrogen-bond donors (Lipinski definition) is 1. The quantitative estimate of drug-likeness (QED) is 0.735. The third kappa shape index (κ3) is 4.76. The van der Waals surface area contributed by atoms with E-state index in [0.29, 0.717) is 17.3 Å². The average molecular weight is 403 g/mol. The van der Waals surface area contributed by atoms with Gasteiger partial charge in [0, 0.05) is 23.0 Å². The van der Waals surface area contributed by atoms with E-state index in [1.165, 1.54) is 12.1 Å². The fraction of sp³-hybridized carbons (Fsp3) is 0.235. The molecule has 0 bridgehead atoms. The monoisotopic (exact) mass is 402 g/mol. The molecule has 1 heterocycles. The molecule has 1 atom stereocenters. The molecule has 0 aromatic heterocycles. The Kier molecular flexibility index (Phi) is 5.52. The molecule has 1 aliphatic heterocycles. The van der Waals surface area contributed by atoms with Crippen molar-refractivity contribution in [3.63, 3.8) is 0 Å². The van der Waals surface area contributed by atoms with E-state index in [0.717, 1.165) is 23.4 Å². The van der Waals surface area contributed by atoms with Gasteiger partial charge in [-0.3, -0.25) is 0 Å². The summed E-state index contributed by atoms with van der Waals surface area (Å²) in [6.45, 7) is 0.558. The number of alkyl halides is 3. The van der Waals surface area contributed by atoms with Gasteiger partial charge in [0.15, 0.2) is 0 Å². The number of thioether (sulfide) groups is 1. The standard InChI is InChI=1S/C17H14ClF3N2O2S/c18-12-3-1-2-11(10-12)15-23(8-9-26-15)16(24)22-13-4-6-14(7-5-13)25-17(19,20)21/h1-7,10,15H,8-9H2,(H,22,24). The number of anilines is 1. The van der Waals surface area contributed by atoms with E-state index in [1.807, 2.05) is 18.2 Å². The van der Waals surface area contributed by atoms with Crippen molar-refractivity contribution in [1.29, 1.82) is 0 Å². The third-order valence-electron chi connectivity index (χ3n) is 3.62. The Morgan fingerprint density at radius 1 is 1.23 bits per heavy atom. The summed E-state index contributed by atoms with van der Waals surface area (Å²) in [5.41, 5.74) is 1.30. The first-order valence-electron chi connectivity index (χ1n) is 7.62. The van der Waals surface area contributed by atoms with Crippen LogP contribution < -0.4 is 10.1 Å². The molecule has 0 saturated carbocycles. The molecule has 0 radical (unpaired) electrons. The molecule has 1 N–H and O–H groups in total. The highest BCUT2D eigenvalue weighted by molar-refractivity contribution is 7.99. The van der Waals surface area contributed by atoms with Gasteiger partial charge in [0.05, 0.1) is 0 Å². The van der Waals surface area contributed by atoms with Gasteiger partial charge >= 0.3 is 12.4 Å². The van der Waals surface area contributed by atoms with Crippen molar-refractivity contribution in [2.45, 2.75) is 11.7 Å². The molecule has 2 aromatic carbocycles. The normalized spacial score (nSPS) is 17.2. The van der Waals surface area contributed by atoms with Crippen LogP contribution in [0.5, 0.6) is 5.75 Å². The fourth-order valence-electron chi connectivity index (χ4n) is 2.55. The summed E-state index contributed by atoms with van der Waals surface area (Å²) in [6.07, 6.45) is -4.75. The van der Waals surface area contributed by atoms with E-state index in [1.54, 1.807) is 22.7 Å². The van der Waals surface area contributed by atoms with Gasteiger partial charge in [-0.05, 0) is 42.0 Å². The Balaban J connectivity index is 1.67. The van der Waals surface area contributed by atoms with Crippen molar-refractivity contribution in [2.75, 3.05) is 17.6 Å². The number of carbonyl (C=O) groups excluding carboxylic acids is 1. The Bertz CT molecular complexity index is 786. The van der Waals surface area contributed by atoms with E-state index in [9.17, 15) is 18.0 Å². The highest BCUT2D eigenvalue weighted by Crippen LogP contribution is 2.39. The molecule has 3 rings (SSSR count). The van der Waals surface area contributed by atoms with E-state index >= 15 is 0 Å².